The van der Waals surface area contributed by atoms with Gasteiger partial charge in [-0.05, 0) is 25.0 Å². The van der Waals surface area contributed by atoms with Crippen LogP contribution in [0.5, 0.6) is 0 Å². The van der Waals surface area contributed by atoms with Crippen LogP contribution in [0.25, 0.3) is 10.9 Å². The summed E-state index contributed by atoms with van der Waals surface area (Å²) in [6, 6.07) is 13.4. The third kappa shape index (κ3) is 3.28. The second-order valence-electron chi connectivity index (χ2n) is 7.86. The van der Waals surface area contributed by atoms with E-state index < -0.39 is 0 Å². The first-order valence-electron chi connectivity index (χ1n) is 10.00. The van der Waals surface area contributed by atoms with E-state index in [0.717, 1.165) is 70.0 Å². The van der Waals surface area contributed by atoms with Crippen molar-refractivity contribution in [3.8, 4) is 0 Å². The number of amides is 2. The van der Waals surface area contributed by atoms with E-state index in [2.05, 4.69) is 39.0 Å². The van der Waals surface area contributed by atoms with Crippen molar-refractivity contribution < 1.29 is 9.53 Å². The van der Waals surface area contributed by atoms with E-state index >= 15 is 0 Å². The average Bonchev–Trinajstić information content (AvgIpc) is 3.04. The number of pyridine rings is 1. The molecule has 142 valence electrons. The molecule has 0 radical (unpaired) electrons. The molecule has 6 heteroatoms. The fraction of sp³-hybridized carbons (Fsp3) is 0.524. The number of benzene rings is 1. The van der Waals surface area contributed by atoms with Gasteiger partial charge in [0.15, 0.2) is 0 Å². The number of piperazine rings is 1. The van der Waals surface area contributed by atoms with E-state index in [1.165, 1.54) is 5.39 Å². The highest BCUT2D eigenvalue weighted by Crippen LogP contribution is 2.26. The minimum Gasteiger partial charge on any atom is -0.381 e. The predicted molar refractivity (Wildman–Crippen MR) is 103 cm³/mol. The van der Waals surface area contributed by atoms with Gasteiger partial charge >= 0.3 is 6.03 Å². The van der Waals surface area contributed by atoms with E-state index in [-0.39, 0.29) is 6.03 Å². The molecule has 3 saturated heterocycles. The minimum atomic E-state index is 0.232. The summed E-state index contributed by atoms with van der Waals surface area (Å²) >= 11 is 0. The molecule has 1 aromatic carbocycles. The molecule has 0 N–H and O–H groups in total. The summed E-state index contributed by atoms with van der Waals surface area (Å²) in [4.78, 5) is 24.3. The van der Waals surface area contributed by atoms with E-state index in [0.29, 0.717) is 12.1 Å². The van der Waals surface area contributed by atoms with Gasteiger partial charge in [-0.1, -0.05) is 24.3 Å². The highest BCUT2D eigenvalue weighted by Gasteiger charge is 2.43. The number of rotatable bonds is 3. The molecule has 0 bridgehead atoms. The molecule has 4 heterocycles. The Morgan fingerprint density at radius 3 is 2.70 bits per heavy atom. The summed E-state index contributed by atoms with van der Waals surface area (Å²) < 4.78 is 5.46. The molecule has 3 fully saturated rings. The second-order valence-corrected chi connectivity index (χ2v) is 7.86. The van der Waals surface area contributed by atoms with Crippen molar-refractivity contribution in [2.45, 2.75) is 31.5 Å². The van der Waals surface area contributed by atoms with Crippen LogP contribution in [-0.4, -0.2) is 77.2 Å². The Morgan fingerprint density at radius 1 is 0.963 bits per heavy atom. The number of fused-ring (bicyclic) bond motifs is 2. The Balaban J connectivity index is 1.25. The molecule has 2 aromatic rings. The largest absolute Gasteiger partial charge is 0.381 e. The summed E-state index contributed by atoms with van der Waals surface area (Å²) in [5.41, 5.74) is 2.16. The van der Waals surface area contributed by atoms with Gasteiger partial charge in [-0.3, -0.25) is 9.88 Å². The second kappa shape index (κ2) is 7.09. The Hall–Kier alpha value is -2.18. The molecule has 3 aliphatic heterocycles. The molecule has 0 spiro atoms. The van der Waals surface area contributed by atoms with E-state index in [4.69, 9.17) is 9.72 Å². The fourth-order valence-corrected chi connectivity index (χ4v) is 4.67. The zero-order chi connectivity index (χ0) is 18.2. The fourth-order valence-electron chi connectivity index (χ4n) is 4.67. The van der Waals surface area contributed by atoms with E-state index in [1.54, 1.807) is 0 Å². The maximum absolute atomic E-state index is 12.8. The molecule has 27 heavy (non-hydrogen) atoms. The van der Waals surface area contributed by atoms with Crippen LogP contribution in [0.2, 0.25) is 0 Å². The van der Waals surface area contributed by atoms with Crippen LogP contribution in [-0.2, 0) is 11.3 Å². The number of carbonyl (C=O) groups excluding carboxylic acids is 1. The molecule has 1 aromatic heterocycles. The summed E-state index contributed by atoms with van der Waals surface area (Å²) in [6.07, 6.45) is 1.94. The zero-order valence-corrected chi connectivity index (χ0v) is 15.6. The number of para-hydroxylation sites is 1. The van der Waals surface area contributed by atoms with Crippen molar-refractivity contribution in [2.24, 2.45) is 0 Å². The third-order valence-electron chi connectivity index (χ3n) is 6.14. The van der Waals surface area contributed by atoms with Crippen LogP contribution >= 0.6 is 0 Å². The van der Waals surface area contributed by atoms with Gasteiger partial charge in [-0.25, -0.2) is 4.79 Å². The Labute approximate surface area is 159 Å². The molecule has 6 nitrogen and oxygen atoms in total. The van der Waals surface area contributed by atoms with Crippen LogP contribution < -0.4 is 0 Å². The van der Waals surface area contributed by atoms with Crippen LogP contribution in [0.1, 0.15) is 18.5 Å². The molecule has 3 aliphatic rings. The molecule has 0 saturated carbocycles. The van der Waals surface area contributed by atoms with Crippen LogP contribution in [0, 0.1) is 0 Å². The van der Waals surface area contributed by atoms with Gasteiger partial charge in [0.25, 0.3) is 0 Å². The lowest BCUT2D eigenvalue weighted by Gasteiger charge is -2.36. The molecule has 2 amide bonds. The first-order valence-corrected chi connectivity index (χ1v) is 10.00. The van der Waals surface area contributed by atoms with Gasteiger partial charge in [0.1, 0.15) is 0 Å². The molecular weight excluding hydrogens is 340 g/mol. The zero-order valence-electron chi connectivity index (χ0n) is 15.6. The van der Waals surface area contributed by atoms with Gasteiger partial charge in [-0.15, -0.1) is 0 Å². The molecule has 5 rings (SSSR count). The van der Waals surface area contributed by atoms with Crippen molar-refractivity contribution >= 4 is 16.9 Å². The number of nitrogens with zero attached hydrogens (tertiary/aromatic N) is 4. The number of urea groups is 1. The topological polar surface area (TPSA) is 48.9 Å². The van der Waals surface area contributed by atoms with Crippen molar-refractivity contribution in [3.63, 3.8) is 0 Å². The van der Waals surface area contributed by atoms with E-state index in [1.807, 2.05) is 12.1 Å². The lowest BCUT2D eigenvalue weighted by molar-refractivity contribution is 0.0504. The molecule has 1 atom stereocenters. The van der Waals surface area contributed by atoms with E-state index in [9.17, 15) is 4.79 Å². The number of aromatic nitrogens is 1. The maximum atomic E-state index is 12.8. The maximum Gasteiger partial charge on any atom is 0.320 e. The van der Waals surface area contributed by atoms with Crippen LogP contribution in [0.15, 0.2) is 36.4 Å². The standard InChI is InChI=1S/C21H26N4O2/c26-21-24-10-9-23(13-17-6-5-16-3-1-2-4-20(16)22-17)14-19(24)15-25(21)18-7-11-27-12-8-18/h1-6,18-19H,7-15H2/t19-/m1/s1. The summed E-state index contributed by atoms with van der Waals surface area (Å²) in [5.74, 6) is 0. The number of hydrogen-bond acceptors (Lipinski definition) is 4. The molecular formula is C21H26N4O2. The SMILES string of the molecule is O=C1N(C2CCOCC2)C[C@H]2CN(Cc3ccc4ccccc4n3)CCN12. The predicted octanol–water partition coefficient (Wildman–Crippen LogP) is 2.34. The first kappa shape index (κ1) is 17.0. The van der Waals surface area contributed by atoms with Crippen molar-refractivity contribution in [3.05, 3.63) is 42.1 Å². The highest BCUT2D eigenvalue weighted by molar-refractivity contribution is 5.78. The van der Waals surface area contributed by atoms with Crippen LogP contribution in [0.4, 0.5) is 4.79 Å². The monoisotopic (exact) mass is 366 g/mol. The Bertz CT molecular complexity index is 836. The average molecular weight is 366 g/mol. The smallest absolute Gasteiger partial charge is 0.320 e. The normalized spacial score (nSPS) is 24.6. The number of hydrogen-bond donors (Lipinski definition) is 0. The third-order valence-corrected chi connectivity index (χ3v) is 6.14. The Kier molecular flexibility index (Phi) is 4.45. The van der Waals surface area contributed by atoms with Crippen molar-refractivity contribution in [2.75, 3.05) is 39.4 Å². The van der Waals surface area contributed by atoms with Crippen molar-refractivity contribution in [1.82, 2.24) is 19.7 Å². The minimum absolute atomic E-state index is 0.232. The number of ether oxygens (including phenoxy) is 1. The summed E-state index contributed by atoms with van der Waals surface area (Å²) in [7, 11) is 0. The highest BCUT2D eigenvalue weighted by atomic mass is 16.5. The van der Waals surface area contributed by atoms with Crippen LogP contribution in [0.3, 0.4) is 0 Å². The van der Waals surface area contributed by atoms with Crippen molar-refractivity contribution in [1.29, 1.82) is 0 Å². The van der Waals surface area contributed by atoms with Gasteiger partial charge in [-0.2, -0.15) is 0 Å². The van der Waals surface area contributed by atoms with Gasteiger partial charge < -0.3 is 14.5 Å². The van der Waals surface area contributed by atoms with Gasteiger partial charge in [0, 0.05) is 57.4 Å². The van der Waals surface area contributed by atoms with Gasteiger partial charge in [0.2, 0.25) is 0 Å². The first-order chi connectivity index (χ1) is 13.3. The lowest BCUT2D eigenvalue weighted by atomic mass is 10.1. The summed E-state index contributed by atoms with van der Waals surface area (Å²) in [5, 5.41) is 1.18. The lowest BCUT2D eigenvalue weighted by Crippen LogP contribution is -2.51. The molecule has 0 unspecified atom stereocenters. The number of carbonyl (C=O) groups is 1. The summed E-state index contributed by atoms with van der Waals surface area (Å²) in [6.45, 7) is 5.92. The quantitative estimate of drug-likeness (QED) is 0.837. The van der Waals surface area contributed by atoms with Gasteiger partial charge in [0.05, 0.1) is 17.3 Å². The Morgan fingerprint density at radius 2 is 1.81 bits per heavy atom. The molecule has 0 aliphatic carbocycles.